The molecule has 2 amide bonds. The Morgan fingerprint density at radius 3 is 2.23 bits per heavy atom. The minimum absolute atomic E-state index is 0.0336. The number of anilines is 1. The van der Waals surface area contributed by atoms with Crippen molar-refractivity contribution in [2.45, 2.75) is 0 Å². The lowest BCUT2D eigenvalue weighted by atomic mass is 10.1. The molecule has 8 nitrogen and oxygen atoms in total. The SMILES string of the molecule is COC(=O)c1ccccc1NC(=O)CN1CCN(C(=O)c2ccc(OC)cc2)CC1. The van der Waals surface area contributed by atoms with Crippen molar-refractivity contribution >= 4 is 23.5 Å². The summed E-state index contributed by atoms with van der Waals surface area (Å²) >= 11 is 0. The van der Waals surface area contributed by atoms with Gasteiger partial charge in [-0.3, -0.25) is 14.5 Å². The number of para-hydroxylation sites is 1. The predicted octanol–water partition coefficient (Wildman–Crippen LogP) is 1.88. The van der Waals surface area contributed by atoms with Crippen molar-refractivity contribution in [3.05, 3.63) is 59.7 Å². The Kier molecular flexibility index (Phi) is 7.03. The van der Waals surface area contributed by atoms with Gasteiger partial charge in [0.15, 0.2) is 0 Å². The number of methoxy groups -OCH3 is 2. The molecule has 1 heterocycles. The number of piperazine rings is 1. The number of rotatable bonds is 6. The van der Waals surface area contributed by atoms with Crippen molar-refractivity contribution in [1.82, 2.24) is 9.80 Å². The van der Waals surface area contributed by atoms with Crippen LogP contribution in [0.3, 0.4) is 0 Å². The number of nitrogens with zero attached hydrogens (tertiary/aromatic N) is 2. The molecule has 1 aliphatic rings. The van der Waals surface area contributed by atoms with Gasteiger partial charge in [-0.15, -0.1) is 0 Å². The van der Waals surface area contributed by atoms with E-state index in [1.807, 2.05) is 4.90 Å². The van der Waals surface area contributed by atoms with Crippen molar-refractivity contribution in [3.63, 3.8) is 0 Å². The molecule has 30 heavy (non-hydrogen) atoms. The van der Waals surface area contributed by atoms with Crippen LogP contribution in [0.25, 0.3) is 0 Å². The van der Waals surface area contributed by atoms with Crippen LogP contribution in [0.2, 0.25) is 0 Å². The average Bonchev–Trinajstić information content (AvgIpc) is 2.79. The third-order valence-corrected chi connectivity index (χ3v) is 4.97. The molecule has 0 unspecified atom stereocenters. The van der Waals surface area contributed by atoms with Gasteiger partial charge in [0, 0.05) is 31.7 Å². The molecule has 0 aromatic heterocycles. The molecule has 0 saturated carbocycles. The molecule has 1 aliphatic heterocycles. The molecule has 0 aliphatic carbocycles. The van der Waals surface area contributed by atoms with Gasteiger partial charge >= 0.3 is 5.97 Å². The van der Waals surface area contributed by atoms with Gasteiger partial charge in [0.2, 0.25) is 5.91 Å². The van der Waals surface area contributed by atoms with Crippen LogP contribution in [0.15, 0.2) is 48.5 Å². The Morgan fingerprint density at radius 2 is 1.60 bits per heavy atom. The Morgan fingerprint density at radius 1 is 0.933 bits per heavy atom. The number of esters is 1. The first-order chi connectivity index (χ1) is 14.5. The normalized spacial score (nSPS) is 14.1. The highest BCUT2D eigenvalue weighted by Gasteiger charge is 2.24. The molecule has 0 atom stereocenters. The molecule has 1 N–H and O–H groups in total. The summed E-state index contributed by atoms with van der Waals surface area (Å²) in [5.41, 5.74) is 1.34. The van der Waals surface area contributed by atoms with E-state index in [2.05, 4.69) is 5.32 Å². The van der Waals surface area contributed by atoms with Crippen LogP contribution in [0.4, 0.5) is 5.69 Å². The lowest BCUT2D eigenvalue weighted by Crippen LogP contribution is -2.50. The van der Waals surface area contributed by atoms with Crippen LogP contribution in [-0.4, -0.2) is 74.5 Å². The summed E-state index contributed by atoms with van der Waals surface area (Å²) < 4.78 is 9.87. The van der Waals surface area contributed by atoms with Gasteiger partial charge < -0.3 is 19.7 Å². The highest BCUT2D eigenvalue weighted by molar-refractivity contribution is 6.01. The first-order valence-corrected chi connectivity index (χ1v) is 9.64. The van der Waals surface area contributed by atoms with Gasteiger partial charge in [-0.2, -0.15) is 0 Å². The van der Waals surface area contributed by atoms with Gasteiger partial charge in [0.25, 0.3) is 5.91 Å². The molecule has 158 valence electrons. The smallest absolute Gasteiger partial charge is 0.339 e. The van der Waals surface area contributed by atoms with Gasteiger partial charge in [-0.25, -0.2) is 4.79 Å². The second-order valence-electron chi connectivity index (χ2n) is 6.88. The second kappa shape index (κ2) is 9.89. The van der Waals surface area contributed by atoms with Crippen molar-refractivity contribution in [3.8, 4) is 5.75 Å². The zero-order valence-corrected chi connectivity index (χ0v) is 17.1. The maximum atomic E-state index is 12.6. The van der Waals surface area contributed by atoms with Crippen molar-refractivity contribution in [2.24, 2.45) is 0 Å². The molecule has 2 aromatic rings. The number of hydrogen-bond acceptors (Lipinski definition) is 6. The third kappa shape index (κ3) is 5.15. The zero-order valence-electron chi connectivity index (χ0n) is 17.1. The van der Waals surface area contributed by atoms with Crippen LogP contribution in [0, 0.1) is 0 Å². The molecule has 1 fully saturated rings. The number of hydrogen-bond donors (Lipinski definition) is 1. The van der Waals surface area contributed by atoms with Crippen LogP contribution >= 0.6 is 0 Å². The van der Waals surface area contributed by atoms with E-state index in [-0.39, 0.29) is 18.4 Å². The van der Waals surface area contributed by atoms with E-state index < -0.39 is 5.97 Å². The second-order valence-corrected chi connectivity index (χ2v) is 6.88. The summed E-state index contributed by atoms with van der Waals surface area (Å²) in [5, 5.41) is 2.77. The number of nitrogens with one attached hydrogen (secondary N) is 1. The van der Waals surface area contributed by atoms with E-state index in [0.717, 1.165) is 0 Å². The fraction of sp³-hybridized carbons (Fsp3) is 0.318. The fourth-order valence-electron chi connectivity index (χ4n) is 3.30. The summed E-state index contributed by atoms with van der Waals surface area (Å²) in [7, 11) is 2.88. The molecule has 0 bridgehead atoms. The maximum absolute atomic E-state index is 12.6. The Labute approximate surface area is 175 Å². The minimum atomic E-state index is -0.503. The largest absolute Gasteiger partial charge is 0.497 e. The first kappa shape index (κ1) is 21.3. The van der Waals surface area contributed by atoms with Crippen molar-refractivity contribution < 1.29 is 23.9 Å². The van der Waals surface area contributed by atoms with E-state index in [4.69, 9.17) is 9.47 Å². The lowest BCUT2D eigenvalue weighted by Gasteiger charge is -2.34. The first-order valence-electron chi connectivity index (χ1n) is 9.64. The molecular weight excluding hydrogens is 386 g/mol. The lowest BCUT2D eigenvalue weighted by molar-refractivity contribution is -0.117. The molecule has 2 aromatic carbocycles. The van der Waals surface area contributed by atoms with Gasteiger partial charge in [0.1, 0.15) is 5.75 Å². The highest BCUT2D eigenvalue weighted by atomic mass is 16.5. The number of carbonyl (C=O) groups is 3. The molecule has 3 rings (SSSR count). The standard InChI is InChI=1S/C22H25N3O5/c1-29-17-9-7-16(8-10-17)21(27)25-13-11-24(12-14-25)15-20(26)23-19-6-4-3-5-18(19)22(28)30-2/h3-10H,11-15H2,1-2H3,(H,23,26). The van der Waals surface area contributed by atoms with Gasteiger partial charge in [-0.05, 0) is 36.4 Å². The quantitative estimate of drug-likeness (QED) is 0.731. The van der Waals surface area contributed by atoms with Crippen LogP contribution < -0.4 is 10.1 Å². The summed E-state index contributed by atoms with van der Waals surface area (Å²) in [6.45, 7) is 2.44. The zero-order chi connectivity index (χ0) is 21.5. The van der Waals surface area contributed by atoms with E-state index >= 15 is 0 Å². The summed E-state index contributed by atoms with van der Waals surface area (Å²) in [6, 6.07) is 13.7. The van der Waals surface area contributed by atoms with Crippen LogP contribution in [-0.2, 0) is 9.53 Å². The van der Waals surface area contributed by atoms with Crippen LogP contribution in [0.5, 0.6) is 5.75 Å². The molecule has 1 saturated heterocycles. The predicted molar refractivity (Wildman–Crippen MR) is 112 cm³/mol. The number of ether oxygens (including phenoxy) is 2. The monoisotopic (exact) mass is 411 g/mol. The summed E-state index contributed by atoms with van der Waals surface area (Å²) in [4.78, 5) is 40.7. The molecular formula is C22H25N3O5. The van der Waals surface area contributed by atoms with E-state index in [9.17, 15) is 14.4 Å². The molecule has 8 heteroatoms. The third-order valence-electron chi connectivity index (χ3n) is 4.97. The van der Waals surface area contributed by atoms with Gasteiger partial charge in [0.05, 0.1) is 32.0 Å². The van der Waals surface area contributed by atoms with Crippen LogP contribution in [0.1, 0.15) is 20.7 Å². The summed E-state index contributed by atoms with van der Waals surface area (Å²) in [6.07, 6.45) is 0. The Balaban J connectivity index is 1.51. The average molecular weight is 411 g/mol. The maximum Gasteiger partial charge on any atom is 0.339 e. The number of benzene rings is 2. The molecule has 0 spiro atoms. The molecule has 0 radical (unpaired) electrons. The van der Waals surface area contributed by atoms with Gasteiger partial charge in [-0.1, -0.05) is 12.1 Å². The number of amides is 2. The van der Waals surface area contributed by atoms with E-state index in [0.29, 0.717) is 48.7 Å². The topological polar surface area (TPSA) is 88.2 Å². The number of carbonyl (C=O) groups excluding carboxylic acids is 3. The van der Waals surface area contributed by atoms with E-state index in [1.165, 1.54) is 7.11 Å². The Bertz CT molecular complexity index is 905. The van der Waals surface area contributed by atoms with Crippen molar-refractivity contribution in [1.29, 1.82) is 0 Å². The minimum Gasteiger partial charge on any atom is -0.497 e. The fourth-order valence-corrected chi connectivity index (χ4v) is 3.30. The summed E-state index contributed by atoms with van der Waals surface area (Å²) in [5.74, 6) is -0.0530. The van der Waals surface area contributed by atoms with Crippen molar-refractivity contribution in [2.75, 3.05) is 52.3 Å². The highest BCUT2D eigenvalue weighted by Crippen LogP contribution is 2.17. The van der Waals surface area contributed by atoms with E-state index in [1.54, 1.807) is 60.5 Å². The Hall–Kier alpha value is -3.39.